The number of nitrogens with zero attached hydrogens (tertiary/aromatic N) is 5. The maximum absolute atomic E-state index is 13.2. The van der Waals surface area contributed by atoms with Crippen LogP contribution in [0.1, 0.15) is 29.6 Å². The summed E-state index contributed by atoms with van der Waals surface area (Å²) in [7, 11) is 0. The molecule has 10 heteroatoms. The average molecular weight is 445 g/mol. The molecule has 0 unspecified atom stereocenters. The molecule has 0 spiro atoms. The van der Waals surface area contributed by atoms with E-state index in [-0.39, 0.29) is 12.5 Å². The summed E-state index contributed by atoms with van der Waals surface area (Å²) in [6.45, 7) is 3.40. The number of hydrogen-bond donors (Lipinski definition) is 0. The van der Waals surface area contributed by atoms with Crippen molar-refractivity contribution < 1.29 is 22.7 Å². The minimum atomic E-state index is -4.46. The SMILES string of the molecule is Cc1nccn1CCC(=O)N1CCO[C@H](c2nccnc2-c2cccc(C(F)(F)F)c2)C1. The Kier molecular flexibility index (Phi) is 6.22. The zero-order chi connectivity index (χ0) is 22.7. The lowest BCUT2D eigenvalue weighted by atomic mass is 10.0. The van der Waals surface area contributed by atoms with Gasteiger partial charge in [0.2, 0.25) is 5.91 Å². The number of benzene rings is 1. The van der Waals surface area contributed by atoms with Crippen molar-refractivity contribution >= 4 is 5.91 Å². The van der Waals surface area contributed by atoms with E-state index >= 15 is 0 Å². The molecule has 1 aromatic carbocycles. The zero-order valence-electron chi connectivity index (χ0n) is 17.4. The van der Waals surface area contributed by atoms with Gasteiger partial charge in [-0.3, -0.25) is 14.8 Å². The van der Waals surface area contributed by atoms with Crippen LogP contribution in [0.3, 0.4) is 0 Å². The average Bonchev–Trinajstić information content (AvgIpc) is 3.21. The first-order valence-corrected chi connectivity index (χ1v) is 10.2. The van der Waals surface area contributed by atoms with Gasteiger partial charge >= 0.3 is 6.18 Å². The first-order valence-electron chi connectivity index (χ1n) is 10.2. The Hall–Kier alpha value is -3.27. The Morgan fingerprint density at radius 1 is 1.19 bits per heavy atom. The number of morpholine rings is 1. The highest BCUT2D eigenvalue weighted by atomic mass is 19.4. The van der Waals surface area contributed by atoms with Crippen molar-refractivity contribution in [3.8, 4) is 11.3 Å². The number of amides is 1. The fourth-order valence-electron chi connectivity index (χ4n) is 3.71. The first-order chi connectivity index (χ1) is 15.3. The minimum absolute atomic E-state index is 0.0316. The second-order valence-corrected chi connectivity index (χ2v) is 7.49. The topological polar surface area (TPSA) is 73.1 Å². The molecule has 4 rings (SSSR count). The van der Waals surface area contributed by atoms with Gasteiger partial charge in [0.1, 0.15) is 11.9 Å². The molecule has 1 atom stereocenters. The zero-order valence-corrected chi connectivity index (χ0v) is 17.4. The lowest BCUT2D eigenvalue weighted by molar-refractivity contribution is -0.139. The first kappa shape index (κ1) is 21.9. The fourth-order valence-corrected chi connectivity index (χ4v) is 3.71. The highest BCUT2D eigenvalue weighted by Gasteiger charge is 2.32. The van der Waals surface area contributed by atoms with Crippen molar-refractivity contribution in [2.75, 3.05) is 19.7 Å². The Bertz CT molecular complexity index is 1100. The molecule has 1 fully saturated rings. The summed E-state index contributed by atoms with van der Waals surface area (Å²) >= 11 is 0. The number of rotatable bonds is 5. The summed E-state index contributed by atoms with van der Waals surface area (Å²) in [4.78, 5) is 27.2. The van der Waals surface area contributed by atoms with E-state index in [0.717, 1.165) is 18.0 Å². The van der Waals surface area contributed by atoms with Crippen molar-refractivity contribution in [3.63, 3.8) is 0 Å². The smallest absolute Gasteiger partial charge is 0.368 e. The normalized spacial score (nSPS) is 16.9. The molecule has 32 heavy (non-hydrogen) atoms. The molecule has 3 heterocycles. The molecular weight excluding hydrogens is 423 g/mol. The Morgan fingerprint density at radius 3 is 2.75 bits per heavy atom. The van der Waals surface area contributed by atoms with Gasteiger partial charge in [-0.05, 0) is 19.1 Å². The van der Waals surface area contributed by atoms with E-state index in [2.05, 4.69) is 15.0 Å². The predicted octanol–water partition coefficient (Wildman–Crippen LogP) is 3.66. The summed E-state index contributed by atoms with van der Waals surface area (Å²) in [6.07, 6.45) is 1.68. The van der Waals surface area contributed by atoms with Crippen molar-refractivity contribution in [2.24, 2.45) is 0 Å². The number of aryl methyl sites for hydroxylation is 2. The molecule has 1 amide bonds. The van der Waals surface area contributed by atoms with Gasteiger partial charge in [0.05, 0.1) is 30.1 Å². The molecule has 3 aromatic rings. The molecule has 1 aliphatic rings. The van der Waals surface area contributed by atoms with Crippen molar-refractivity contribution in [1.29, 1.82) is 0 Å². The molecule has 168 valence electrons. The monoisotopic (exact) mass is 445 g/mol. The summed E-state index contributed by atoms with van der Waals surface area (Å²) in [5.41, 5.74) is 0.259. The lowest BCUT2D eigenvalue weighted by Gasteiger charge is -2.33. The van der Waals surface area contributed by atoms with Gasteiger partial charge in [-0.2, -0.15) is 13.2 Å². The number of ether oxygens (including phenoxy) is 1. The summed E-state index contributed by atoms with van der Waals surface area (Å²) < 4.78 is 47.3. The van der Waals surface area contributed by atoms with Crippen LogP contribution in [0.4, 0.5) is 13.2 Å². The second-order valence-electron chi connectivity index (χ2n) is 7.49. The Morgan fingerprint density at radius 2 is 2.00 bits per heavy atom. The van der Waals surface area contributed by atoms with Gasteiger partial charge in [-0.1, -0.05) is 12.1 Å². The molecule has 0 bridgehead atoms. The quantitative estimate of drug-likeness (QED) is 0.599. The van der Waals surface area contributed by atoms with Crippen LogP contribution in [0.5, 0.6) is 0 Å². The van der Waals surface area contributed by atoms with Crippen LogP contribution in [-0.2, 0) is 22.3 Å². The van der Waals surface area contributed by atoms with Crippen LogP contribution < -0.4 is 0 Å². The van der Waals surface area contributed by atoms with E-state index in [1.807, 2.05) is 17.7 Å². The van der Waals surface area contributed by atoms with Gasteiger partial charge in [0.15, 0.2) is 0 Å². The van der Waals surface area contributed by atoms with E-state index in [0.29, 0.717) is 43.1 Å². The number of aromatic nitrogens is 4. The van der Waals surface area contributed by atoms with Crippen LogP contribution in [0, 0.1) is 6.92 Å². The molecule has 1 saturated heterocycles. The lowest BCUT2D eigenvalue weighted by Crippen LogP contribution is -2.42. The highest BCUT2D eigenvalue weighted by Crippen LogP contribution is 2.34. The molecule has 0 aliphatic carbocycles. The largest absolute Gasteiger partial charge is 0.416 e. The van der Waals surface area contributed by atoms with E-state index in [1.54, 1.807) is 17.2 Å². The van der Waals surface area contributed by atoms with Crippen molar-refractivity contribution in [2.45, 2.75) is 32.2 Å². The summed E-state index contributed by atoms with van der Waals surface area (Å²) in [6, 6.07) is 4.96. The van der Waals surface area contributed by atoms with Crippen molar-refractivity contribution in [3.05, 3.63) is 66.1 Å². The number of hydrogen-bond acceptors (Lipinski definition) is 5. The minimum Gasteiger partial charge on any atom is -0.368 e. The van der Waals surface area contributed by atoms with Gasteiger partial charge in [0.25, 0.3) is 0 Å². The molecular formula is C22H22F3N5O2. The third-order valence-electron chi connectivity index (χ3n) is 5.40. The molecule has 2 aromatic heterocycles. The van der Waals surface area contributed by atoms with E-state index in [1.165, 1.54) is 18.5 Å². The van der Waals surface area contributed by atoms with E-state index in [9.17, 15) is 18.0 Å². The van der Waals surface area contributed by atoms with Crippen LogP contribution in [0.15, 0.2) is 49.1 Å². The maximum Gasteiger partial charge on any atom is 0.416 e. The maximum atomic E-state index is 13.2. The summed E-state index contributed by atoms with van der Waals surface area (Å²) in [5.74, 6) is 0.804. The van der Waals surface area contributed by atoms with Gasteiger partial charge in [-0.25, -0.2) is 4.98 Å². The third-order valence-corrected chi connectivity index (χ3v) is 5.40. The Labute approximate surface area is 182 Å². The second kappa shape index (κ2) is 9.07. The van der Waals surface area contributed by atoms with Crippen LogP contribution in [0.25, 0.3) is 11.3 Å². The number of alkyl halides is 3. The fraction of sp³-hybridized carbons (Fsp3) is 0.364. The molecule has 1 aliphatic heterocycles. The van der Waals surface area contributed by atoms with Gasteiger partial charge in [-0.15, -0.1) is 0 Å². The van der Waals surface area contributed by atoms with Crippen LogP contribution >= 0.6 is 0 Å². The van der Waals surface area contributed by atoms with Crippen LogP contribution in [0.2, 0.25) is 0 Å². The highest BCUT2D eigenvalue weighted by molar-refractivity contribution is 5.76. The standard InChI is InChI=1S/C22H22F3N5O2/c1-15-26-8-10-29(15)9-5-19(31)30-11-12-32-18(14-30)21-20(27-6-7-28-21)16-3-2-4-17(13-16)22(23,24)25/h2-4,6-8,10,13,18H,5,9,11-12,14H2,1H3/t18-/m0/s1. The predicted molar refractivity (Wildman–Crippen MR) is 109 cm³/mol. The number of imidazole rings is 1. The van der Waals surface area contributed by atoms with E-state index in [4.69, 9.17) is 4.74 Å². The number of halogens is 3. The third kappa shape index (κ3) is 4.80. The molecule has 0 saturated carbocycles. The van der Waals surface area contributed by atoms with Crippen molar-refractivity contribution in [1.82, 2.24) is 24.4 Å². The van der Waals surface area contributed by atoms with Gasteiger partial charge in [0, 0.05) is 49.9 Å². The van der Waals surface area contributed by atoms with E-state index < -0.39 is 17.8 Å². The van der Waals surface area contributed by atoms with Gasteiger partial charge < -0.3 is 14.2 Å². The van der Waals surface area contributed by atoms with Crippen LogP contribution in [-0.4, -0.2) is 50.0 Å². The molecule has 0 N–H and O–H groups in total. The molecule has 7 nitrogen and oxygen atoms in total. The molecule has 0 radical (unpaired) electrons. The summed E-state index contributed by atoms with van der Waals surface area (Å²) in [5, 5.41) is 0. The Balaban J connectivity index is 1.52. The number of carbonyl (C=O) groups is 1. The number of carbonyl (C=O) groups excluding carboxylic acids is 1.